The maximum atomic E-state index is 12.4. The summed E-state index contributed by atoms with van der Waals surface area (Å²) in [6.45, 7) is 3.43. The highest BCUT2D eigenvalue weighted by molar-refractivity contribution is 8.00. The van der Waals surface area contributed by atoms with E-state index in [0.717, 1.165) is 40.8 Å². The number of aryl methyl sites for hydroxylation is 1. The second kappa shape index (κ2) is 10.5. The summed E-state index contributed by atoms with van der Waals surface area (Å²) in [4.78, 5) is 33.3. The minimum Gasteiger partial charge on any atom is -0.382 e. The number of nitrogens with one attached hydrogen (secondary N) is 2. The molecule has 4 heterocycles. The van der Waals surface area contributed by atoms with Gasteiger partial charge in [0.1, 0.15) is 17.9 Å². The number of primary amides is 1. The minimum absolute atomic E-state index is 0.0795. The first-order valence-electron chi connectivity index (χ1n) is 12.5. The number of rotatable bonds is 11. The average molecular weight is 512 g/mol. The van der Waals surface area contributed by atoms with Gasteiger partial charge in [-0.2, -0.15) is 11.8 Å². The lowest BCUT2D eigenvalue weighted by Gasteiger charge is -2.19. The van der Waals surface area contributed by atoms with Gasteiger partial charge in [-0.25, -0.2) is 14.8 Å². The van der Waals surface area contributed by atoms with Crippen LogP contribution in [0.4, 0.5) is 10.6 Å². The lowest BCUT2D eigenvalue weighted by Crippen LogP contribution is -2.36. The Morgan fingerprint density at radius 3 is 2.92 bits per heavy atom. The van der Waals surface area contributed by atoms with Crippen LogP contribution in [0.25, 0.3) is 21.9 Å². The molecule has 4 unspecified atom stereocenters. The number of benzene rings is 1. The standard InChI is InChI=1S/C25H33N7O3S/c1-2-35-12-19-30-21-22(15-7-3-4-8-16(15)28-23(21)26)32(19)11-10-14(24(27)33)6-5-9-18-20-17(13-36-18)29-25(34)31-20/h3-4,7-8,14,17-18,20H,2,5-6,9-13H2,1H3,(H2,26,28)(H2,27,33)(H2,29,31,34). The second-order valence-electron chi connectivity index (χ2n) is 9.47. The van der Waals surface area contributed by atoms with E-state index in [9.17, 15) is 9.59 Å². The van der Waals surface area contributed by atoms with Crippen molar-refractivity contribution in [2.75, 3.05) is 18.1 Å². The molecule has 2 saturated heterocycles. The van der Waals surface area contributed by atoms with Crippen LogP contribution in [0, 0.1) is 5.92 Å². The van der Waals surface area contributed by atoms with Gasteiger partial charge < -0.3 is 31.4 Å². The zero-order valence-electron chi connectivity index (χ0n) is 20.4. The van der Waals surface area contributed by atoms with Crippen LogP contribution in [-0.2, 0) is 22.7 Å². The number of anilines is 1. The summed E-state index contributed by atoms with van der Waals surface area (Å²) in [5, 5.41) is 7.33. The van der Waals surface area contributed by atoms with Gasteiger partial charge in [0.25, 0.3) is 0 Å². The fourth-order valence-corrected chi connectivity index (χ4v) is 6.92. The van der Waals surface area contributed by atoms with Crippen LogP contribution in [0.2, 0.25) is 0 Å². The van der Waals surface area contributed by atoms with Crippen LogP contribution < -0.4 is 22.1 Å². The number of nitrogens with zero attached hydrogens (tertiary/aromatic N) is 3. The highest BCUT2D eigenvalue weighted by atomic mass is 32.2. The highest BCUT2D eigenvalue weighted by Crippen LogP contribution is 2.34. The van der Waals surface area contributed by atoms with Crippen molar-refractivity contribution in [3.8, 4) is 0 Å². The minimum atomic E-state index is -0.287. The number of hydrogen-bond donors (Lipinski definition) is 4. The van der Waals surface area contributed by atoms with E-state index in [1.54, 1.807) is 0 Å². The van der Waals surface area contributed by atoms with Crippen molar-refractivity contribution in [2.45, 2.75) is 63.1 Å². The monoisotopic (exact) mass is 511 g/mol. The van der Waals surface area contributed by atoms with Crippen LogP contribution in [0.3, 0.4) is 0 Å². The molecule has 0 bridgehead atoms. The Morgan fingerprint density at radius 1 is 1.28 bits per heavy atom. The van der Waals surface area contributed by atoms with E-state index in [0.29, 0.717) is 49.2 Å². The Morgan fingerprint density at radius 2 is 2.11 bits per heavy atom. The summed E-state index contributed by atoms with van der Waals surface area (Å²) >= 11 is 1.88. The summed E-state index contributed by atoms with van der Waals surface area (Å²) in [6.07, 6.45) is 3.12. The van der Waals surface area contributed by atoms with Crippen molar-refractivity contribution < 1.29 is 14.3 Å². The number of fused-ring (bicyclic) bond motifs is 4. The van der Waals surface area contributed by atoms with Gasteiger partial charge in [-0.05, 0) is 32.3 Å². The lowest BCUT2D eigenvalue weighted by molar-refractivity contribution is -0.122. The van der Waals surface area contributed by atoms with Crippen LogP contribution in [0.15, 0.2) is 24.3 Å². The number of carbonyl (C=O) groups is 2. The molecular formula is C25H33N7O3S. The van der Waals surface area contributed by atoms with E-state index in [4.69, 9.17) is 21.2 Å². The SMILES string of the molecule is CCOCc1nc2c(N)nc3ccccc3c2n1CCC(CCCC1SCC2NC(=O)NC21)C(N)=O. The van der Waals surface area contributed by atoms with Crippen LogP contribution in [-0.4, -0.2) is 56.2 Å². The Bertz CT molecular complexity index is 1280. The number of amides is 3. The smallest absolute Gasteiger partial charge is 0.315 e. The third kappa shape index (κ3) is 4.81. The van der Waals surface area contributed by atoms with E-state index < -0.39 is 0 Å². The molecule has 2 fully saturated rings. The predicted molar refractivity (Wildman–Crippen MR) is 141 cm³/mol. The lowest BCUT2D eigenvalue weighted by atomic mass is 9.95. The van der Waals surface area contributed by atoms with Crippen LogP contribution in [0.5, 0.6) is 0 Å². The Balaban J connectivity index is 1.32. The molecule has 10 nitrogen and oxygen atoms in total. The van der Waals surface area contributed by atoms with Gasteiger partial charge in [0, 0.05) is 35.5 Å². The van der Waals surface area contributed by atoms with Gasteiger partial charge in [0.2, 0.25) is 5.91 Å². The molecule has 1 aromatic carbocycles. The van der Waals surface area contributed by atoms with Gasteiger partial charge in [-0.15, -0.1) is 0 Å². The molecule has 0 radical (unpaired) electrons. The van der Waals surface area contributed by atoms with E-state index in [1.807, 2.05) is 43.0 Å². The number of nitrogen functional groups attached to an aromatic ring is 1. The van der Waals surface area contributed by atoms with Crippen molar-refractivity contribution in [2.24, 2.45) is 11.7 Å². The first kappa shape index (κ1) is 24.6. The van der Waals surface area contributed by atoms with Gasteiger partial charge >= 0.3 is 6.03 Å². The number of hydrogen-bond acceptors (Lipinski definition) is 7. The average Bonchev–Trinajstić information content (AvgIpc) is 3.52. The van der Waals surface area contributed by atoms with Gasteiger partial charge in [-0.1, -0.05) is 24.6 Å². The number of carbonyl (C=O) groups excluding carboxylic acids is 2. The van der Waals surface area contributed by atoms with Crippen LogP contribution >= 0.6 is 11.8 Å². The van der Waals surface area contributed by atoms with Gasteiger partial charge in [0.15, 0.2) is 5.82 Å². The molecule has 36 heavy (non-hydrogen) atoms. The number of pyridine rings is 1. The molecule has 6 N–H and O–H groups in total. The van der Waals surface area contributed by atoms with Crippen molar-refractivity contribution >= 4 is 51.5 Å². The van der Waals surface area contributed by atoms with E-state index in [-0.39, 0.29) is 29.9 Å². The normalized spacial score (nSPS) is 22.0. The summed E-state index contributed by atoms with van der Waals surface area (Å²) in [7, 11) is 0. The Kier molecular flexibility index (Phi) is 7.20. The van der Waals surface area contributed by atoms with Crippen molar-refractivity contribution in [1.29, 1.82) is 0 Å². The molecule has 3 aromatic rings. The topological polar surface area (TPSA) is 150 Å². The first-order chi connectivity index (χ1) is 17.5. The number of thioether (sulfide) groups is 1. The van der Waals surface area contributed by atoms with Crippen LogP contribution in [0.1, 0.15) is 38.4 Å². The fraction of sp³-hybridized carbons (Fsp3) is 0.520. The molecule has 192 valence electrons. The molecule has 2 aliphatic rings. The number of nitrogens with two attached hydrogens (primary N) is 2. The molecule has 11 heteroatoms. The Hall–Kier alpha value is -3.05. The molecule has 3 amide bonds. The zero-order chi connectivity index (χ0) is 25.2. The maximum absolute atomic E-state index is 12.4. The van der Waals surface area contributed by atoms with Crippen molar-refractivity contribution in [1.82, 2.24) is 25.2 Å². The summed E-state index contributed by atoms with van der Waals surface area (Å²) in [5.74, 6) is 1.52. The molecule has 0 aliphatic carbocycles. The third-order valence-corrected chi connectivity index (χ3v) is 8.72. The molecule has 0 saturated carbocycles. The Labute approximate surface area is 213 Å². The summed E-state index contributed by atoms with van der Waals surface area (Å²) in [5.41, 5.74) is 14.5. The fourth-order valence-electron chi connectivity index (χ4n) is 5.37. The molecule has 2 aromatic heterocycles. The second-order valence-corrected chi connectivity index (χ2v) is 10.7. The van der Waals surface area contributed by atoms with E-state index in [2.05, 4.69) is 20.2 Å². The van der Waals surface area contributed by atoms with E-state index in [1.165, 1.54) is 0 Å². The number of imidazole rings is 1. The molecule has 5 rings (SSSR count). The number of para-hydroxylation sites is 1. The molecule has 0 spiro atoms. The number of ether oxygens (including phenoxy) is 1. The third-order valence-electron chi connectivity index (χ3n) is 7.21. The maximum Gasteiger partial charge on any atom is 0.315 e. The number of aromatic nitrogens is 3. The van der Waals surface area contributed by atoms with Gasteiger partial charge in [-0.3, -0.25) is 4.79 Å². The molecule has 2 aliphatic heterocycles. The summed E-state index contributed by atoms with van der Waals surface area (Å²) < 4.78 is 7.80. The van der Waals surface area contributed by atoms with Crippen molar-refractivity contribution in [3.63, 3.8) is 0 Å². The van der Waals surface area contributed by atoms with E-state index >= 15 is 0 Å². The quantitative estimate of drug-likeness (QED) is 0.289. The summed E-state index contributed by atoms with van der Waals surface area (Å²) in [6, 6.07) is 8.15. The van der Waals surface area contributed by atoms with Crippen molar-refractivity contribution in [3.05, 3.63) is 30.1 Å². The molecular weight excluding hydrogens is 478 g/mol. The predicted octanol–water partition coefficient (Wildman–Crippen LogP) is 2.53. The largest absolute Gasteiger partial charge is 0.382 e. The molecule has 4 atom stereocenters. The zero-order valence-corrected chi connectivity index (χ0v) is 21.2. The highest BCUT2D eigenvalue weighted by Gasteiger charge is 2.42. The van der Waals surface area contributed by atoms with Gasteiger partial charge in [0.05, 0.1) is 23.1 Å². The first-order valence-corrected chi connectivity index (χ1v) is 13.6. The number of urea groups is 1.